The number of rotatable bonds is 4. The van der Waals surface area contributed by atoms with Crippen LogP contribution in [0.4, 0.5) is 0 Å². The van der Waals surface area contributed by atoms with Gasteiger partial charge in [-0.1, -0.05) is 38.4 Å². The maximum absolute atomic E-state index is 6.03. The highest BCUT2D eigenvalue weighted by Crippen LogP contribution is 2.32. The Labute approximate surface area is 104 Å². The molecule has 0 amide bonds. The molecule has 1 aromatic rings. The van der Waals surface area contributed by atoms with E-state index in [0.717, 1.165) is 29.7 Å². The van der Waals surface area contributed by atoms with Gasteiger partial charge in [0.25, 0.3) is 0 Å². The maximum Gasteiger partial charge on any atom is 0.138 e. The second kappa shape index (κ2) is 6.80. The summed E-state index contributed by atoms with van der Waals surface area (Å²) in [5.74, 6) is 1.62. The first-order chi connectivity index (χ1) is 7.79. The van der Waals surface area contributed by atoms with Crippen LogP contribution in [0.2, 0.25) is 5.02 Å². The molecular formula is C14H21ClO. The Morgan fingerprint density at radius 2 is 2.00 bits per heavy atom. The minimum Gasteiger partial charge on any atom is -0.492 e. The van der Waals surface area contributed by atoms with Gasteiger partial charge in [0.05, 0.1) is 11.6 Å². The van der Waals surface area contributed by atoms with Gasteiger partial charge in [-0.3, -0.25) is 0 Å². The van der Waals surface area contributed by atoms with Gasteiger partial charge < -0.3 is 4.74 Å². The van der Waals surface area contributed by atoms with Gasteiger partial charge in [-0.15, -0.1) is 0 Å². The van der Waals surface area contributed by atoms with Crippen molar-refractivity contribution in [3.63, 3.8) is 0 Å². The van der Waals surface area contributed by atoms with E-state index >= 15 is 0 Å². The molecule has 90 valence electrons. The summed E-state index contributed by atoms with van der Waals surface area (Å²) in [6.45, 7) is 6.96. The average Bonchev–Trinajstić information content (AvgIpc) is 3.15. The predicted molar refractivity (Wildman–Crippen MR) is 70.4 cm³/mol. The second-order valence-corrected chi connectivity index (χ2v) is 4.28. The molecule has 0 aromatic heterocycles. The molecule has 2 rings (SSSR count). The highest BCUT2D eigenvalue weighted by Gasteiger charge is 2.22. The SMILES string of the molecule is CC.CCc1ccc(Cl)c(OCC2CC2)c1. The highest BCUT2D eigenvalue weighted by molar-refractivity contribution is 6.32. The molecule has 2 heteroatoms. The molecule has 16 heavy (non-hydrogen) atoms. The van der Waals surface area contributed by atoms with E-state index in [1.165, 1.54) is 18.4 Å². The van der Waals surface area contributed by atoms with Crippen molar-refractivity contribution in [2.75, 3.05) is 6.61 Å². The molecule has 1 aliphatic carbocycles. The van der Waals surface area contributed by atoms with E-state index in [-0.39, 0.29) is 0 Å². The monoisotopic (exact) mass is 240 g/mol. The number of hydrogen-bond acceptors (Lipinski definition) is 1. The summed E-state index contributed by atoms with van der Waals surface area (Å²) < 4.78 is 5.67. The fourth-order valence-corrected chi connectivity index (χ4v) is 1.54. The lowest BCUT2D eigenvalue weighted by Crippen LogP contribution is -1.99. The highest BCUT2D eigenvalue weighted by atomic mass is 35.5. The van der Waals surface area contributed by atoms with Gasteiger partial charge in [-0.05, 0) is 42.9 Å². The Morgan fingerprint density at radius 3 is 2.56 bits per heavy atom. The third kappa shape index (κ3) is 4.05. The fraction of sp³-hybridized carbons (Fsp3) is 0.571. The average molecular weight is 241 g/mol. The number of hydrogen-bond donors (Lipinski definition) is 0. The van der Waals surface area contributed by atoms with Crippen LogP contribution in [0.15, 0.2) is 18.2 Å². The van der Waals surface area contributed by atoms with E-state index in [1.807, 2.05) is 32.0 Å². The molecule has 1 aromatic carbocycles. The Morgan fingerprint density at radius 1 is 1.31 bits per heavy atom. The summed E-state index contributed by atoms with van der Waals surface area (Å²) in [5.41, 5.74) is 1.28. The smallest absolute Gasteiger partial charge is 0.138 e. The Bertz CT molecular complexity index is 319. The van der Waals surface area contributed by atoms with Gasteiger partial charge in [0.1, 0.15) is 5.75 Å². The van der Waals surface area contributed by atoms with Crippen LogP contribution >= 0.6 is 11.6 Å². The van der Waals surface area contributed by atoms with Crippen LogP contribution in [0.25, 0.3) is 0 Å². The van der Waals surface area contributed by atoms with E-state index < -0.39 is 0 Å². The summed E-state index contributed by atoms with van der Waals surface area (Å²) in [5, 5.41) is 0.725. The van der Waals surface area contributed by atoms with Gasteiger partial charge in [0, 0.05) is 0 Å². The molecule has 0 radical (unpaired) electrons. The molecule has 1 fully saturated rings. The first-order valence-corrected chi connectivity index (χ1v) is 6.58. The Balaban J connectivity index is 0.000000606. The summed E-state index contributed by atoms with van der Waals surface area (Å²) >= 11 is 6.03. The van der Waals surface area contributed by atoms with Gasteiger partial charge in [0.2, 0.25) is 0 Å². The lowest BCUT2D eigenvalue weighted by molar-refractivity contribution is 0.299. The van der Waals surface area contributed by atoms with Crippen molar-refractivity contribution >= 4 is 11.6 Å². The molecule has 0 atom stereocenters. The van der Waals surface area contributed by atoms with Gasteiger partial charge in [-0.2, -0.15) is 0 Å². The fourth-order valence-electron chi connectivity index (χ4n) is 1.37. The van der Waals surface area contributed by atoms with E-state index in [1.54, 1.807) is 0 Å². The topological polar surface area (TPSA) is 9.23 Å². The molecule has 1 nitrogen and oxygen atoms in total. The van der Waals surface area contributed by atoms with E-state index in [2.05, 4.69) is 6.92 Å². The van der Waals surface area contributed by atoms with Crippen molar-refractivity contribution in [1.82, 2.24) is 0 Å². The predicted octanol–water partition coefficient (Wildman–Crippen LogP) is 4.72. The molecule has 1 aliphatic rings. The zero-order valence-corrected chi connectivity index (χ0v) is 11.2. The van der Waals surface area contributed by atoms with Crippen LogP contribution in [-0.2, 0) is 6.42 Å². The summed E-state index contributed by atoms with van der Waals surface area (Å²) in [4.78, 5) is 0. The molecular weight excluding hydrogens is 220 g/mol. The first kappa shape index (κ1) is 13.4. The molecule has 0 spiro atoms. The number of benzene rings is 1. The lowest BCUT2D eigenvalue weighted by atomic mass is 10.2. The summed E-state index contributed by atoms with van der Waals surface area (Å²) in [6, 6.07) is 6.01. The Kier molecular flexibility index (Phi) is 5.68. The lowest BCUT2D eigenvalue weighted by Gasteiger charge is -2.08. The third-order valence-electron chi connectivity index (χ3n) is 2.58. The summed E-state index contributed by atoms with van der Waals surface area (Å²) in [6.07, 6.45) is 3.65. The van der Waals surface area contributed by atoms with Crippen molar-refractivity contribution in [3.8, 4) is 5.75 Å². The minimum atomic E-state index is 0.725. The first-order valence-electron chi connectivity index (χ1n) is 6.21. The summed E-state index contributed by atoms with van der Waals surface area (Å²) in [7, 11) is 0. The quantitative estimate of drug-likeness (QED) is 0.740. The molecule has 0 N–H and O–H groups in total. The van der Waals surface area contributed by atoms with Gasteiger partial charge in [0.15, 0.2) is 0 Å². The van der Waals surface area contributed by atoms with Crippen LogP contribution in [0.5, 0.6) is 5.75 Å². The van der Waals surface area contributed by atoms with E-state index in [0.29, 0.717) is 0 Å². The van der Waals surface area contributed by atoms with Crippen molar-refractivity contribution in [1.29, 1.82) is 0 Å². The van der Waals surface area contributed by atoms with Crippen LogP contribution in [0.1, 0.15) is 39.2 Å². The molecule has 0 aliphatic heterocycles. The van der Waals surface area contributed by atoms with Crippen molar-refractivity contribution < 1.29 is 4.74 Å². The van der Waals surface area contributed by atoms with Crippen molar-refractivity contribution in [2.45, 2.75) is 40.0 Å². The van der Waals surface area contributed by atoms with E-state index in [9.17, 15) is 0 Å². The molecule has 0 heterocycles. The number of aryl methyl sites for hydroxylation is 1. The second-order valence-electron chi connectivity index (χ2n) is 3.87. The number of ether oxygens (including phenoxy) is 1. The molecule has 0 unspecified atom stereocenters. The molecule has 0 bridgehead atoms. The zero-order valence-electron chi connectivity index (χ0n) is 10.4. The van der Waals surface area contributed by atoms with Crippen LogP contribution in [-0.4, -0.2) is 6.61 Å². The normalized spacial score (nSPS) is 14.0. The molecule has 1 saturated carbocycles. The van der Waals surface area contributed by atoms with E-state index in [4.69, 9.17) is 16.3 Å². The van der Waals surface area contributed by atoms with Gasteiger partial charge in [-0.25, -0.2) is 0 Å². The van der Waals surface area contributed by atoms with Crippen LogP contribution in [0, 0.1) is 5.92 Å². The number of halogens is 1. The third-order valence-corrected chi connectivity index (χ3v) is 2.89. The molecule has 0 saturated heterocycles. The van der Waals surface area contributed by atoms with Crippen LogP contribution < -0.4 is 4.74 Å². The van der Waals surface area contributed by atoms with Gasteiger partial charge >= 0.3 is 0 Å². The van der Waals surface area contributed by atoms with Crippen molar-refractivity contribution in [3.05, 3.63) is 28.8 Å². The van der Waals surface area contributed by atoms with Crippen LogP contribution in [0.3, 0.4) is 0 Å². The standard InChI is InChI=1S/C12H15ClO.C2H6/c1-2-9-5-6-11(13)12(7-9)14-8-10-3-4-10;1-2/h5-7,10H,2-4,8H2,1H3;1-2H3. The van der Waals surface area contributed by atoms with Crippen molar-refractivity contribution in [2.24, 2.45) is 5.92 Å². The minimum absolute atomic E-state index is 0.725. The maximum atomic E-state index is 6.03. The Hall–Kier alpha value is -0.690. The zero-order chi connectivity index (χ0) is 12.0. The largest absolute Gasteiger partial charge is 0.492 e.